The van der Waals surface area contributed by atoms with Crippen molar-refractivity contribution in [2.24, 2.45) is 5.92 Å². The molecule has 3 heterocycles. The van der Waals surface area contributed by atoms with E-state index in [0.29, 0.717) is 36.4 Å². The van der Waals surface area contributed by atoms with Crippen LogP contribution in [0.15, 0.2) is 36.5 Å². The maximum Gasteiger partial charge on any atom is 0.454 e. The van der Waals surface area contributed by atoms with E-state index in [2.05, 4.69) is 4.98 Å². The largest absolute Gasteiger partial charge is 0.492 e. The van der Waals surface area contributed by atoms with Crippen molar-refractivity contribution in [2.45, 2.75) is 50.7 Å². The van der Waals surface area contributed by atoms with Gasteiger partial charge in [-0.15, -0.1) is 0 Å². The lowest BCUT2D eigenvalue weighted by atomic mass is 9.97. The zero-order valence-corrected chi connectivity index (χ0v) is 20.4. The van der Waals surface area contributed by atoms with E-state index in [9.17, 15) is 31.1 Å². The summed E-state index contributed by atoms with van der Waals surface area (Å²) in [7, 11) is 0. The third-order valence-corrected chi connectivity index (χ3v) is 7.07. The minimum atomic E-state index is -5.55. The van der Waals surface area contributed by atoms with Crippen molar-refractivity contribution in [3.05, 3.63) is 47.9 Å². The Balaban J connectivity index is 1.28. The van der Waals surface area contributed by atoms with Crippen molar-refractivity contribution in [1.82, 2.24) is 14.8 Å². The number of ether oxygens (including phenoxy) is 1. The Morgan fingerprint density at radius 2 is 1.78 bits per heavy atom. The molecule has 2 aliphatic heterocycles. The number of pyridine rings is 1. The van der Waals surface area contributed by atoms with Crippen molar-refractivity contribution >= 4 is 5.91 Å². The third kappa shape index (κ3) is 6.37. The number of alkyl halides is 5. The van der Waals surface area contributed by atoms with E-state index in [1.54, 1.807) is 23.1 Å². The van der Waals surface area contributed by atoms with Crippen molar-refractivity contribution in [2.75, 3.05) is 32.8 Å². The van der Waals surface area contributed by atoms with Crippen LogP contribution in [0, 0.1) is 11.7 Å². The average molecular weight is 530 g/mol. The SMILES string of the molecule is C[C@H]1CCCN1C(=O)c1ccc(-c2ccc(OCC3CCN(CC(F)(F)C(F)(F)F)CC3)cn2)c(F)c1. The highest BCUT2D eigenvalue weighted by atomic mass is 19.4. The molecule has 0 spiro atoms. The van der Waals surface area contributed by atoms with Crippen LogP contribution < -0.4 is 4.74 Å². The highest BCUT2D eigenvalue weighted by Gasteiger charge is 2.58. The fourth-order valence-electron chi connectivity index (χ4n) is 4.78. The number of nitrogens with zero attached hydrogens (tertiary/aromatic N) is 3. The van der Waals surface area contributed by atoms with E-state index < -0.39 is 24.5 Å². The second-order valence-electron chi connectivity index (χ2n) is 9.80. The molecule has 1 aromatic heterocycles. The average Bonchev–Trinajstić information content (AvgIpc) is 3.28. The maximum atomic E-state index is 14.8. The number of rotatable bonds is 7. The molecule has 2 saturated heterocycles. The first-order valence-corrected chi connectivity index (χ1v) is 12.3. The number of benzene rings is 1. The van der Waals surface area contributed by atoms with E-state index in [1.807, 2.05) is 6.92 Å². The predicted molar refractivity (Wildman–Crippen MR) is 125 cm³/mol. The van der Waals surface area contributed by atoms with Gasteiger partial charge in [-0.05, 0) is 81.9 Å². The fraction of sp³-hybridized carbons (Fsp3) is 0.538. The molecule has 1 aromatic carbocycles. The molecule has 2 aromatic rings. The van der Waals surface area contributed by atoms with Gasteiger partial charge in [0.1, 0.15) is 11.6 Å². The number of hydrogen-bond acceptors (Lipinski definition) is 4. The van der Waals surface area contributed by atoms with Crippen molar-refractivity contribution < 1.29 is 35.9 Å². The summed E-state index contributed by atoms with van der Waals surface area (Å²) in [6, 6.07) is 7.71. The van der Waals surface area contributed by atoms with Gasteiger partial charge in [-0.2, -0.15) is 22.0 Å². The number of aromatic nitrogens is 1. The fourth-order valence-corrected chi connectivity index (χ4v) is 4.78. The van der Waals surface area contributed by atoms with Crippen LogP contribution in [0.5, 0.6) is 5.75 Å². The lowest BCUT2D eigenvalue weighted by Crippen LogP contribution is -2.49. The van der Waals surface area contributed by atoms with Crippen molar-refractivity contribution in [1.29, 1.82) is 0 Å². The molecule has 1 amide bonds. The predicted octanol–water partition coefficient (Wildman–Crippen LogP) is 5.80. The van der Waals surface area contributed by atoms with E-state index in [4.69, 9.17) is 4.74 Å². The molecular formula is C26H29F6N3O2. The van der Waals surface area contributed by atoms with Crippen molar-refractivity contribution in [3.63, 3.8) is 0 Å². The number of hydrogen-bond donors (Lipinski definition) is 0. The Labute approximate surface area is 211 Å². The quantitative estimate of drug-likeness (QED) is 0.426. The van der Waals surface area contributed by atoms with Crippen LogP contribution in [0.25, 0.3) is 11.3 Å². The highest BCUT2D eigenvalue weighted by molar-refractivity contribution is 5.95. The van der Waals surface area contributed by atoms with Crippen molar-refractivity contribution in [3.8, 4) is 17.0 Å². The number of amides is 1. The summed E-state index contributed by atoms with van der Waals surface area (Å²) < 4.78 is 84.3. The lowest BCUT2D eigenvalue weighted by Gasteiger charge is -2.34. The summed E-state index contributed by atoms with van der Waals surface area (Å²) in [5, 5.41) is 0. The molecule has 2 fully saturated rings. The Hall–Kier alpha value is -2.82. The van der Waals surface area contributed by atoms with Gasteiger partial charge in [0, 0.05) is 23.7 Å². The standard InChI is InChI=1S/C26H29F6N3O2/c1-17-3-2-10-35(17)24(36)19-4-6-21(22(27)13-19)23-7-5-20(14-33-23)37-15-18-8-11-34(12-9-18)16-25(28,29)26(30,31)32/h4-7,13-14,17-18H,2-3,8-12,15-16H2,1H3/t17-/m0/s1. The van der Waals surface area contributed by atoms with E-state index >= 15 is 0 Å². The van der Waals surface area contributed by atoms with E-state index in [0.717, 1.165) is 17.7 Å². The summed E-state index contributed by atoms with van der Waals surface area (Å²) in [6.45, 7) is 1.84. The summed E-state index contributed by atoms with van der Waals surface area (Å²) >= 11 is 0. The zero-order valence-electron chi connectivity index (χ0n) is 20.4. The summed E-state index contributed by atoms with van der Waals surface area (Å²) in [6.07, 6.45) is -1.37. The topological polar surface area (TPSA) is 45.7 Å². The van der Waals surface area contributed by atoms with Crippen LogP contribution >= 0.6 is 0 Å². The second-order valence-corrected chi connectivity index (χ2v) is 9.80. The second kappa shape index (κ2) is 10.9. The van der Waals surface area contributed by atoms with Gasteiger partial charge in [-0.1, -0.05) is 0 Å². The normalized spacial score (nSPS) is 19.9. The first-order valence-electron chi connectivity index (χ1n) is 12.3. The van der Waals surface area contributed by atoms with Crippen LogP contribution in [0.4, 0.5) is 26.3 Å². The molecule has 5 nitrogen and oxygen atoms in total. The van der Waals surface area contributed by atoms with Crippen LogP contribution in [0.3, 0.4) is 0 Å². The Bertz CT molecular complexity index is 1080. The number of likely N-dealkylation sites (tertiary alicyclic amines) is 2. The van der Waals surface area contributed by atoms with Gasteiger partial charge >= 0.3 is 12.1 Å². The van der Waals surface area contributed by atoms with Gasteiger partial charge in [0.05, 0.1) is 25.0 Å². The number of carbonyl (C=O) groups excluding carboxylic acids is 1. The minimum Gasteiger partial charge on any atom is -0.492 e. The first-order chi connectivity index (χ1) is 17.4. The minimum absolute atomic E-state index is 0.0105. The van der Waals surface area contributed by atoms with Crippen LogP contribution in [-0.4, -0.2) is 71.6 Å². The molecular weight excluding hydrogens is 500 g/mol. The molecule has 202 valence electrons. The number of carbonyl (C=O) groups is 1. The van der Waals surface area contributed by atoms with Gasteiger partial charge in [-0.3, -0.25) is 14.7 Å². The van der Waals surface area contributed by atoms with Gasteiger partial charge in [-0.25, -0.2) is 4.39 Å². The molecule has 4 rings (SSSR count). The van der Waals surface area contributed by atoms with E-state index in [-0.39, 0.29) is 43.1 Å². The summed E-state index contributed by atoms with van der Waals surface area (Å²) in [5.41, 5.74) is 0.918. The van der Waals surface area contributed by atoms with Gasteiger partial charge in [0.2, 0.25) is 0 Å². The number of halogens is 6. The molecule has 0 radical (unpaired) electrons. The van der Waals surface area contributed by atoms with Crippen LogP contribution in [0.1, 0.15) is 43.0 Å². The van der Waals surface area contributed by atoms with Gasteiger partial charge in [0.15, 0.2) is 0 Å². The molecule has 0 bridgehead atoms. The third-order valence-electron chi connectivity index (χ3n) is 7.07. The molecule has 0 saturated carbocycles. The monoisotopic (exact) mass is 529 g/mol. The molecule has 0 unspecified atom stereocenters. The molecule has 37 heavy (non-hydrogen) atoms. The summed E-state index contributed by atoms with van der Waals surface area (Å²) in [5.74, 6) is -5.03. The summed E-state index contributed by atoms with van der Waals surface area (Å²) in [4.78, 5) is 19.8. The lowest BCUT2D eigenvalue weighted by molar-refractivity contribution is -0.287. The van der Waals surface area contributed by atoms with E-state index in [1.165, 1.54) is 18.3 Å². The number of piperidine rings is 1. The maximum absolute atomic E-state index is 14.8. The molecule has 0 aliphatic carbocycles. The molecule has 0 N–H and O–H groups in total. The Morgan fingerprint density at radius 3 is 2.35 bits per heavy atom. The van der Waals surface area contributed by atoms with Gasteiger partial charge in [0.25, 0.3) is 5.91 Å². The van der Waals surface area contributed by atoms with Crippen LogP contribution in [0.2, 0.25) is 0 Å². The smallest absolute Gasteiger partial charge is 0.454 e. The van der Waals surface area contributed by atoms with Gasteiger partial charge < -0.3 is 9.64 Å². The first kappa shape index (κ1) is 27.2. The highest BCUT2D eigenvalue weighted by Crippen LogP contribution is 2.36. The molecule has 11 heteroatoms. The Kier molecular flexibility index (Phi) is 8.01. The Morgan fingerprint density at radius 1 is 1.05 bits per heavy atom. The van der Waals surface area contributed by atoms with Crippen LogP contribution in [-0.2, 0) is 0 Å². The molecule has 1 atom stereocenters. The molecule has 2 aliphatic rings. The zero-order chi connectivity index (χ0) is 26.8.